The molecule has 8 heteroatoms. The molecule has 1 fully saturated rings. The van der Waals surface area contributed by atoms with Gasteiger partial charge in [-0.3, -0.25) is 4.79 Å². The van der Waals surface area contributed by atoms with E-state index >= 15 is 0 Å². The van der Waals surface area contributed by atoms with Gasteiger partial charge in [0.15, 0.2) is 0 Å². The van der Waals surface area contributed by atoms with E-state index in [4.69, 9.17) is 0 Å². The molecule has 0 saturated carbocycles. The Bertz CT molecular complexity index is 635. The molecule has 7 nitrogen and oxygen atoms in total. The molecule has 1 amide bonds. The van der Waals surface area contributed by atoms with E-state index in [1.54, 1.807) is 11.7 Å². The van der Waals surface area contributed by atoms with Crippen LogP contribution in [-0.2, 0) is 11.8 Å². The largest absolute Gasteiger partial charge is 0.372 e. The Morgan fingerprint density at radius 1 is 1.27 bits per heavy atom. The topological polar surface area (TPSA) is 75.9 Å². The summed E-state index contributed by atoms with van der Waals surface area (Å²) in [6, 6.07) is 8.00. The zero-order valence-electron chi connectivity index (χ0n) is 12.4. The van der Waals surface area contributed by atoms with Crippen LogP contribution in [0.15, 0.2) is 29.4 Å². The standard InChI is InChI=1S/C14H18N6OS/c1-19-14(16-17-18-19)22-10-13(21)15-11-4-6-12(7-5-11)20-8-2-3-9-20/h4-7H,2-3,8-10H2,1H3,(H,15,21). The number of nitrogens with one attached hydrogen (secondary N) is 1. The average Bonchev–Trinajstić information content (AvgIpc) is 3.18. The predicted octanol–water partition coefficient (Wildman–Crippen LogP) is 1.54. The SMILES string of the molecule is Cn1nnnc1SCC(=O)Nc1ccc(N2CCCC2)cc1. The van der Waals surface area contributed by atoms with Gasteiger partial charge < -0.3 is 10.2 Å². The first-order valence-corrected chi connectivity index (χ1v) is 8.21. The Labute approximate surface area is 133 Å². The molecular formula is C14H18N6OS. The molecule has 116 valence electrons. The highest BCUT2D eigenvalue weighted by Gasteiger charge is 2.12. The molecule has 0 unspecified atom stereocenters. The highest BCUT2D eigenvalue weighted by molar-refractivity contribution is 7.99. The zero-order valence-corrected chi connectivity index (χ0v) is 13.2. The van der Waals surface area contributed by atoms with Crippen LogP contribution in [0.2, 0.25) is 0 Å². The molecule has 1 aromatic heterocycles. The first-order chi connectivity index (χ1) is 10.7. The minimum Gasteiger partial charge on any atom is -0.372 e. The number of aryl methyl sites for hydroxylation is 1. The molecule has 0 atom stereocenters. The van der Waals surface area contributed by atoms with Gasteiger partial charge >= 0.3 is 0 Å². The normalized spacial score (nSPS) is 14.3. The third-order valence-electron chi connectivity index (χ3n) is 3.54. The third kappa shape index (κ3) is 3.56. The molecule has 0 radical (unpaired) electrons. The van der Waals surface area contributed by atoms with E-state index in [1.807, 2.05) is 12.1 Å². The van der Waals surface area contributed by atoms with Crippen LogP contribution >= 0.6 is 11.8 Å². The number of rotatable bonds is 5. The Hall–Kier alpha value is -2.09. The second kappa shape index (κ2) is 6.78. The van der Waals surface area contributed by atoms with Crippen molar-refractivity contribution in [2.24, 2.45) is 7.05 Å². The number of hydrogen-bond donors (Lipinski definition) is 1. The number of nitrogens with zero attached hydrogens (tertiary/aromatic N) is 5. The van der Waals surface area contributed by atoms with E-state index in [1.165, 1.54) is 30.3 Å². The Morgan fingerprint density at radius 3 is 2.64 bits per heavy atom. The fourth-order valence-corrected chi connectivity index (χ4v) is 3.05. The number of hydrogen-bond acceptors (Lipinski definition) is 6. The molecule has 3 rings (SSSR count). The van der Waals surface area contributed by atoms with Gasteiger partial charge in [0.2, 0.25) is 11.1 Å². The number of carbonyl (C=O) groups is 1. The van der Waals surface area contributed by atoms with Crippen LogP contribution < -0.4 is 10.2 Å². The average molecular weight is 318 g/mol. The molecule has 1 saturated heterocycles. The second-order valence-corrected chi connectivity index (χ2v) is 6.11. The molecule has 1 aromatic carbocycles. The van der Waals surface area contributed by atoms with Gasteiger partial charge in [-0.1, -0.05) is 11.8 Å². The van der Waals surface area contributed by atoms with Crippen LogP contribution in [0.25, 0.3) is 0 Å². The van der Waals surface area contributed by atoms with Crippen molar-refractivity contribution in [2.75, 3.05) is 29.1 Å². The van der Waals surface area contributed by atoms with Crippen molar-refractivity contribution in [1.82, 2.24) is 20.2 Å². The fourth-order valence-electron chi connectivity index (χ4n) is 2.40. The van der Waals surface area contributed by atoms with Gasteiger partial charge in [-0.25, -0.2) is 4.68 Å². The summed E-state index contributed by atoms with van der Waals surface area (Å²) in [7, 11) is 1.75. The van der Waals surface area contributed by atoms with Crippen molar-refractivity contribution in [3.8, 4) is 0 Å². The lowest BCUT2D eigenvalue weighted by molar-refractivity contribution is -0.113. The Balaban J connectivity index is 1.51. The van der Waals surface area contributed by atoms with Crippen molar-refractivity contribution in [3.63, 3.8) is 0 Å². The molecule has 2 heterocycles. The van der Waals surface area contributed by atoms with Gasteiger partial charge in [0.25, 0.3) is 0 Å². The quantitative estimate of drug-likeness (QED) is 0.843. The van der Waals surface area contributed by atoms with Crippen LogP contribution in [0.4, 0.5) is 11.4 Å². The van der Waals surface area contributed by atoms with Gasteiger partial charge in [0.1, 0.15) is 0 Å². The summed E-state index contributed by atoms with van der Waals surface area (Å²) in [5.74, 6) is 0.212. The van der Waals surface area contributed by atoms with E-state index in [0.29, 0.717) is 5.16 Å². The fraction of sp³-hybridized carbons (Fsp3) is 0.429. The van der Waals surface area contributed by atoms with Gasteiger partial charge in [0, 0.05) is 31.5 Å². The van der Waals surface area contributed by atoms with E-state index in [0.717, 1.165) is 18.8 Å². The van der Waals surface area contributed by atoms with E-state index in [9.17, 15) is 4.79 Å². The van der Waals surface area contributed by atoms with Crippen molar-refractivity contribution in [3.05, 3.63) is 24.3 Å². The molecule has 0 bridgehead atoms. The lowest BCUT2D eigenvalue weighted by Gasteiger charge is -2.17. The van der Waals surface area contributed by atoms with Crippen molar-refractivity contribution >= 4 is 29.0 Å². The molecule has 1 aliphatic heterocycles. The summed E-state index contributed by atoms with van der Waals surface area (Å²) < 4.78 is 1.54. The van der Waals surface area contributed by atoms with Crippen LogP contribution in [-0.4, -0.2) is 45.0 Å². The van der Waals surface area contributed by atoms with Gasteiger partial charge in [-0.05, 0) is 47.5 Å². The van der Waals surface area contributed by atoms with Crippen LogP contribution in [0.1, 0.15) is 12.8 Å². The van der Waals surface area contributed by atoms with E-state index in [-0.39, 0.29) is 11.7 Å². The minimum absolute atomic E-state index is 0.0677. The Kier molecular flexibility index (Phi) is 4.57. The first-order valence-electron chi connectivity index (χ1n) is 7.22. The first kappa shape index (κ1) is 14.8. The summed E-state index contributed by atoms with van der Waals surface area (Å²) >= 11 is 1.31. The number of amides is 1. The second-order valence-electron chi connectivity index (χ2n) is 5.16. The number of anilines is 2. The van der Waals surface area contributed by atoms with Crippen LogP contribution in [0.5, 0.6) is 0 Å². The third-order valence-corrected chi connectivity index (χ3v) is 4.55. The summed E-state index contributed by atoms with van der Waals surface area (Å²) in [6.45, 7) is 2.24. The van der Waals surface area contributed by atoms with Crippen LogP contribution in [0.3, 0.4) is 0 Å². The minimum atomic E-state index is -0.0677. The van der Waals surface area contributed by atoms with Gasteiger partial charge in [-0.2, -0.15) is 0 Å². The molecule has 0 spiro atoms. The van der Waals surface area contributed by atoms with Crippen molar-refractivity contribution < 1.29 is 4.79 Å². The maximum Gasteiger partial charge on any atom is 0.234 e. The number of thioether (sulfide) groups is 1. The molecule has 2 aromatic rings. The summed E-state index contributed by atoms with van der Waals surface area (Å²) in [6.07, 6.45) is 2.51. The monoisotopic (exact) mass is 318 g/mol. The highest BCUT2D eigenvalue weighted by atomic mass is 32.2. The highest BCUT2D eigenvalue weighted by Crippen LogP contribution is 2.22. The number of aromatic nitrogens is 4. The van der Waals surface area contributed by atoms with E-state index < -0.39 is 0 Å². The molecule has 0 aliphatic carbocycles. The maximum absolute atomic E-state index is 11.9. The molecule has 1 N–H and O–H groups in total. The van der Waals surface area contributed by atoms with Crippen LogP contribution in [0, 0.1) is 0 Å². The number of carbonyl (C=O) groups excluding carboxylic acids is 1. The molecule has 1 aliphatic rings. The smallest absolute Gasteiger partial charge is 0.234 e. The Morgan fingerprint density at radius 2 is 2.00 bits per heavy atom. The molecule has 22 heavy (non-hydrogen) atoms. The lowest BCUT2D eigenvalue weighted by atomic mass is 10.2. The zero-order chi connectivity index (χ0) is 15.4. The van der Waals surface area contributed by atoms with Crippen molar-refractivity contribution in [1.29, 1.82) is 0 Å². The van der Waals surface area contributed by atoms with Gasteiger partial charge in [-0.15, -0.1) is 5.10 Å². The van der Waals surface area contributed by atoms with E-state index in [2.05, 4.69) is 37.9 Å². The predicted molar refractivity (Wildman–Crippen MR) is 86.0 cm³/mol. The summed E-state index contributed by atoms with van der Waals surface area (Å²) in [5.41, 5.74) is 2.03. The summed E-state index contributed by atoms with van der Waals surface area (Å²) in [4.78, 5) is 14.3. The van der Waals surface area contributed by atoms with Crippen molar-refractivity contribution in [2.45, 2.75) is 18.0 Å². The molecular weight excluding hydrogens is 300 g/mol. The maximum atomic E-state index is 11.9. The summed E-state index contributed by atoms with van der Waals surface area (Å²) in [5, 5.41) is 14.6. The van der Waals surface area contributed by atoms with Gasteiger partial charge in [0.05, 0.1) is 5.75 Å². The number of tetrazole rings is 1. The number of benzene rings is 1. The lowest BCUT2D eigenvalue weighted by Crippen LogP contribution is -2.18.